The Hall–Kier alpha value is -2.68. The zero-order valence-corrected chi connectivity index (χ0v) is 17.6. The first kappa shape index (κ1) is 21.0. The lowest BCUT2D eigenvalue weighted by Gasteiger charge is -2.32. The lowest BCUT2D eigenvalue weighted by atomic mass is 10.1. The average Bonchev–Trinajstić information content (AvgIpc) is 3.22. The van der Waals surface area contributed by atoms with Crippen LogP contribution in [-0.2, 0) is 4.74 Å². The molecule has 1 atom stereocenters. The van der Waals surface area contributed by atoms with E-state index < -0.39 is 0 Å². The smallest absolute Gasteiger partial charge is 0.274 e. The fourth-order valence-corrected chi connectivity index (χ4v) is 3.49. The summed E-state index contributed by atoms with van der Waals surface area (Å²) in [6.45, 7) is 6.46. The van der Waals surface area contributed by atoms with E-state index in [1.807, 2.05) is 31.9 Å². The van der Waals surface area contributed by atoms with Gasteiger partial charge in [0.05, 0.1) is 24.5 Å². The van der Waals surface area contributed by atoms with Crippen molar-refractivity contribution in [1.82, 2.24) is 24.9 Å². The number of amides is 1. The van der Waals surface area contributed by atoms with Gasteiger partial charge in [0.2, 0.25) is 0 Å². The maximum absolute atomic E-state index is 12.9. The first-order chi connectivity index (χ1) is 13.9. The van der Waals surface area contributed by atoms with E-state index in [9.17, 15) is 9.59 Å². The molecule has 158 valence electrons. The number of hydrogen-bond acceptors (Lipinski definition) is 6. The van der Waals surface area contributed by atoms with Crippen molar-refractivity contribution in [2.24, 2.45) is 0 Å². The summed E-state index contributed by atoms with van der Waals surface area (Å²) in [5, 5.41) is 11.5. The number of nitrogens with one attached hydrogen (secondary N) is 1. The van der Waals surface area contributed by atoms with Gasteiger partial charge in [-0.1, -0.05) is 13.8 Å². The second kappa shape index (κ2) is 9.21. The summed E-state index contributed by atoms with van der Waals surface area (Å²) < 4.78 is 6.58. The molecule has 0 aliphatic carbocycles. The first-order valence-corrected chi connectivity index (χ1v) is 10.0. The Bertz CT molecular complexity index is 890. The molecule has 1 aliphatic heterocycles. The number of nitrogens with zero attached hydrogens (tertiary/aromatic N) is 5. The lowest BCUT2D eigenvalue weighted by molar-refractivity contribution is 0.0664. The van der Waals surface area contributed by atoms with Crippen LogP contribution >= 0.6 is 0 Å². The number of carbonyl (C=O) groups is 1. The van der Waals surface area contributed by atoms with Crippen molar-refractivity contribution in [1.29, 1.82) is 0 Å². The summed E-state index contributed by atoms with van der Waals surface area (Å²) in [6.07, 6.45) is 3.33. The van der Waals surface area contributed by atoms with E-state index >= 15 is 0 Å². The highest BCUT2D eigenvalue weighted by Gasteiger charge is 2.28. The van der Waals surface area contributed by atoms with Crippen molar-refractivity contribution in [3.05, 3.63) is 40.1 Å². The van der Waals surface area contributed by atoms with Crippen LogP contribution in [0.15, 0.2) is 23.1 Å². The van der Waals surface area contributed by atoms with Crippen LogP contribution in [0.4, 0.5) is 5.69 Å². The van der Waals surface area contributed by atoms with Gasteiger partial charge in [0.15, 0.2) is 0 Å². The minimum Gasteiger partial charge on any atom is -0.383 e. The highest BCUT2D eigenvalue weighted by atomic mass is 16.5. The minimum atomic E-state index is -0.159. The molecule has 1 N–H and O–H groups in total. The van der Waals surface area contributed by atoms with Gasteiger partial charge >= 0.3 is 0 Å². The number of rotatable bonds is 7. The second-order valence-corrected chi connectivity index (χ2v) is 7.82. The molecule has 1 unspecified atom stereocenters. The predicted molar refractivity (Wildman–Crippen MR) is 110 cm³/mol. The average molecular weight is 402 g/mol. The van der Waals surface area contributed by atoms with Crippen molar-refractivity contribution in [2.45, 2.75) is 38.6 Å². The molecule has 0 bridgehead atoms. The third kappa shape index (κ3) is 4.84. The van der Waals surface area contributed by atoms with E-state index in [1.54, 1.807) is 24.3 Å². The topological polar surface area (TPSA) is 96.3 Å². The Balaban J connectivity index is 1.71. The number of likely N-dealkylation sites (tertiary alicyclic amines) is 1. The Morgan fingerprint density at radius 1 is 1.41 bits per heavy atom. The number of aromatic nitrogens is 4. The molecule has 2 aromatic heterocycles. The van der Waals surface area contributed by atoms with Crippen LogP contribution < -0.4 is 10.5 Å². The highest BCUT2D eigenvalue weighted by molar-refractivity contribution is 5.92. The van der Waals surface area contributed by atoms with E-state index in [2.05, 4.69) is 15.3 Å². The van der Waals surface area contributed by atoms with Gasteiger partial charge in [-0.2, -0.15) is 10.2 Å². The van der Waals surface area contributed by atoms with E-state index in [1.165, 1.54) is 4.68 Å². The SMILES string of the molecule is COCCN(C)c1cnn(C2CCCN(C(=O)c3cc(C(C)C)[nH]n3)C2)c(=O)c1. The third-order valence-electron chi connectivity index (χ3n) is 5.35. The first-order valence-electron chi connectivity index (χ1n) is 10.0. The summed E-state index contributed by atoms with van der Waals surface area (Å²) in [6, 6.07) is 3.26. The maximum atomic E-state index is 12.9. The predicted octanol–water partition coefficient (Wildman–Crippen LogP) is 1.65. The lowest BCUT2D eigenvalue weighted by Crippen LogP contribution is -2.43. The third-order valence-corrected chi connectivity index (χ3v) is 5.35. The van der Waals surface area contributed by atoms with Gasteiger partial charge in [0.25, 0.3) is 11.5 Å². The van der Waals surface area contributed by atoms with Gasteiger partial charge in [0, 0.05) is 45.6 Å². The summed E-state index contributed by atoms with van der Waals surface area (Å²) in [7, 11) is 3.54. The van der Waals surface area contributed by atoms with Crippen molar-refractivity contribution in [3.8, 4) is 0 Å². The van der Waals surface area contributed by atoms with Crippen LogP contribution in [0.5, 0.6) is 0 Å². The van der Waals surface area contributed by atoms with Crippen LogP contribution in [0.3, 0.4) is 0 Å². The summed E-state index contributed by atoms with van der Waals surface area (Å²) in [5.41, 5.74) is 1.95. The summed E-state index contributed by atoms with van der Waals surface area (Å²) in [5.74, 6) is 0.170. The zero-order valence-electron chi connectivity index (χ0n) is 17.6. The molecule has 0 spiro atoms. The molecule has 1 saturated heterocycles. The van der Waals surface area contributed by atoms with E-state index in [-0.39, 0.29) is 23.4 Å². The fraction of sp³-hybridized carbons (Fsp3) is 0.600. The van der Waals surface area contributed by atoms with Crippen molar-refractivity contribution >= 4 is 11.6 Å². The van der Waals surface area contributed by atoms with Crippen LogP contribution in [0.2, 0.25) is 0 Å². The molecular formula is C20H30N6O3. The molecular weight excluding hydrogens is 372 g/mol. The molecule has 3 rings (SSSR count). The monoisotopic (exact) mass is 402 g/mol. The van der Waals surface area contributed by atoms with Gasteiger partial charge in [-0.25, -0.2) is 4.68 Å². The molecule has 9 nitrogen and oxygen atoms in total. The molecule has 1 aliphatic rings. The molecule has 0 saturated carbocycles. The summed E-state index contributed by atoms with van der Waals surface area (Å²) in [4.78, 5) is 29.2. The van der Waals surface area contributed by atoms with Gasteiger partial charge in [-0.05, 0) is 24.8 Å². The number of hydrogen-bond donors (Lipinski definition) is 1. The van der Waals surface area contributed by atoms with Crippen LogP contribution in [0.25, 0.3) is 0 Å². The number of H-pyrrole nitrogens is 1. The van der Waals surface area contributed by atoms with Crippen LogP contribution in [0.1, 0.15) is 54.8 Å². The van der Waals surface area contributed by atoms with Crippen molar-refractivity contribution < 1.29 is 9.53 Å². The zero-order chi connectivity index (χ0) is 21.0. The fourth-order valence-electron chi connectivity index (χ4n) is 3.49. The standard InChI is InChI=1S/C20H30N6O3/c1-14(2)17-11-18(23-22-17)20(28)25-7-5-6-15(13-25)26-19(27)10-16(12-21-26)24(3)8-9-29-4/h10-12,14-15H,5-9,13H2,1-4H3,(H,22,23). The molecule has 2 aromatic rings. The summed E-state index contributed by atoms with van der Waals surface area (Å²) >= 11 is 0. The number of anilines is 1. The molecule has 3 heterocycles. The van der Waals surface area contributed by atoms with Gasteiger partial charge in [-0.15, -0.1) is 0 Å². The molecule has 9 heteroatoms. The Labute approximate surface area is 170 Å². The quantitative estimate of drug-likeness (QED) is 0.756. The molecule has 29 heavy (non-hydrogen) atoms. The van der Waals surface area contributed by atoms with Crippen LogP contribution in [0, 0.1) is 0 Å². The van der Waals surface area contributed by atoms with E-state index in [4.69, 9.17) is 4.74 Å². The molecule has 1 amide bonds. The largest absolute Gasteiger partial charge is 0.383 e. The number of aromatic amines is 1. The number of likely N-dealkylation sites (N-methyl/N-ethyl adjacent to an activating group) is 1. The maximum Gasteiger partial charge on any atom is 0.274 e. The van der Waals surface area contributed by atoms with Gasteiger partial charge in [0.1, 0.15) is 5.69 Å². The van der Waals surface area contributed by atoms with Crippen LogP contribution in [-0.4, -0.2) is 71.2 Å². The number of piperidine rings is 1. The van der Waals surface area contributed by atoms with Gasteiger partial charge < -0.3 is 14.5 Å². The highest BCUT2D eigenvalue weighted by Crippen LogP contribution is 2.22. The Kier molecular flexibility index (Phi) is 6.68. The number of methoxy groups -OCH3 is 1. The molecule has 1 fully saturated rings. The van der Waals surface area contributed by atoms with Gasteiger partial charge in [-0.3, -0.25) is 14.7 Å². The second-order valence-electron chi connectivity index (χ2n) is 7.82. The normalized spacial score (nSPS) is 17.0. The number of carbonyl (C=O) groups excluding carboxylic acids is 1. The van der Waals surface area contributed by atoms with Crippen molar-refractivity contribution in [2.75, 3.05) is 45.3 Å². The molecule has 0 radical (unpaired) electrons. The van der Waals surface area contributed by atoms with E-state index in [0.717, 1.165) is 24.2 Å². The minimum absolute atomic E-state index is 0.109. The molecule has 0 aromatic carbocycles. The Morgan fingerprint density at radius 2 is 2.21 bits per heavy atom. The Morgan fingerprint density at radius 3 is 2.86 bits per heavy atom. The van der Waals surface area contributed by atoms with E-state index in [0.29, 0.717) is 31.9 Å². The number of ether oxygens (including phenoxy) is 1. The van der Waals surface area contributed by atoms with Crippen molar-refractivity contribution in [3.63, 3.8) is 0 Å².